The first-order valence-electron chi connectivity index (χ1n) is 5.81. The van der Waals surface area contributed by atoms with Crippen LogP contribution < -0.4 is 10.6 Å². The van der Waals surface area contributed by atoms with E-state index < -0.39 is 29.3 Å². The molecule has 0 radical (unpaired) electrons. The number of alkyl halides is 2. The highest BCUT2D eigenvalue weighted by atomic mass is 19.3. The van der Waals surface area contributed by atoms with E-state index in [0.717, 1.165) is 6.07 Å². The Hall–Kier alpha value is -1.98. The second-order valence-corrected chi connectivity index (χ2v) is 4.43. The van der Waals surface area contributed by atoms with Crippen molar-refractivity contribution in [1.29, 1.82) is 0 Å². The monoisotopic (exact) mass is 270 g/mol. The quantitative estimate of drug-likeness (QED) is 0.881. The van der Waals surface area contributed by atoms with Crippen LogP contribution >= 0.6 is 0 Å². The largest absolute Gasteiger partial charge is 0.351 e. The molecule has 0 unspecified atom stereocenters. The predicted molar refractivity (Wildman–Crippen MR) is 67.9 cm³/mol. The highest BCUT2D eigenvalue weighted by Gasteiger charge is 2.42. The van der Waals surface area contributed by atoms with Gasteiger partial charge in [-0.05, 0) is 19.9 Å². The zero-order valence-electron chi connectivity index (χ0n) is 11.0. The molecule has 1 aromatic rings. The molecule has 0 bridgehead atoms. The number of rotatable bonds is 4. The summed E-state index contributed by atoms with van der Waals surface area (Å²) in [5, 5.41) is 4.45. The molecule has 1 rings (SSSR count). The van der Waals surface area contributed by atoms with Crippen molar-refractivity contribution >= 4 is 17.5 Å². The first-order valence-corrected chi connectivity index (χ1v) is 5.81. The van der Waals surface area contributed by atoms with Crippen molar-refractivity contribution in [2.75, 3.05) is 5.32 Å². The van der Waals surface area contributed by atoms with Gasteiger partial charge in [-0.15, -0.1) is 0 Å². The minimum atomic E-state index is -3.71. The maximum Gasteiger partial charge on any atom is 0.351 e. The molecule has 0 aliphatic heterocycles. The maximum atomic E-state index is 14.1. The number of nitrogens with one attached hydrogen (secondary N) is 2. The Bertz CT molecular complexity index is 487. The van der Waals surface area contributed by atoms with Gasteiger partial charge in [-0.1, -0.05) is 18.2 Å². The number of hydrogen-bond acceptors (Lipinski definition) is 2. The van der Waals surface area contributed by atoms with E-state index in [1.165, 1.54) is 25.1 Å². The lowest BCUT2D eigenvalue weighted by atomic mass is 10.0. The molecular formula is C13H16F2N2O2. The Morgan fingerprint density at radius 3 is 2.32 bits per heavy atom. The Balaban J connectivity index is 3.13. The van der Waals surface area contributed by atoms with E-state index >= 15 is 0 Å². The van der Waals surface area contributed by atoms with Gasteiger partial charge in [0.25, 0.3) is 5.91 Å². The molecule has 0 heterocycles. The van der Waals surface area contributed by atoms with Gasteiger partial charge in [0.2, 0.25) is 5.91 Å². The molecule has 2 N–H and O–H groups in total. The van der Waals surface area contributed by atoms with E-state index in [1.54, 1.807) is 13.8 Å². The van der Waals surface area contributed by atoms with E-state index in [0.29, 0.717) is 0 Å². The molecule has 0 fully saturated rings. The molecule has 4 nitrogen and oxygen atoms in total. The fraction of sp³-hybridized carbons (Fsp3) is 0.385. The Kier molecular flexibility index (Phi) is 4.58. The molecule has 2 amide bonds. The molecule has 0 saturated carbocycles. The SMILES string of the molecule is CC(=O)Nc1ccccc1C(F)(F)C(=O)NC(C)C. The van der Waals surface area contributed by atoms with Crippen LogP contribution in [0.1, 0.15) is 26.3 Å². The van der Waals surface area contributed by atoms with Gasteiger partial charge in [0.1, 0.15) is 0 Å². The Labute approximate surface area is 110 Å². The van der Waals surface area contributed by atoms with Crippen LogP contribution in [0.3, 0.4) is 0 Å². The number of carbonyl (C=O) groups is 2. The highest BCUT2D eigenvalue weighted by Crippen LogP contribution is 2.33. The van der Waals surface area contributed by atoms with Crippen molar-refractivity contribution < 1.29 is 18.4 Å². The molecule has 6 heteroatoms. The van der Waals surface area contributed by atoms with E-state index in [9.17, 15) is 18.4 Å². The number of para-hydroxylation sites is 1. The third-order valence-electron chi connectivity index (χ3n) is 2.28. The van der Waals surface area contributed by atoms with Gasteiger partial charge >= 0.3 is 5.92 Å². The molecule has 0 saturated heterocycles. The van der Waals surface area contributed by atoms with Crippen LogP contribution in [0.4, 0.5) is 14.5 Å². The molecular weight excluding hydrogens is 254 g/mol. The third-order valence-corrected chi connectivity index (χ3v) is 2.28. The number of halogens is 2. The van der Waals surface area contributed by atoms with Crippen molar-refractivity contribution in [2.45, 2.75) is 32.7 Å². The topological polar surface area (TPSA) is 58.2 Å². The van der Waals surface area contributed by atoms with Gasteiger partial charge in [-0.2, -0.15) is 8.78 Å². The minimum absolute atomic E-state index is 0.0705. The minimum Gasteiger partial charge on any atom is -0.348 e. The third kappa shape index (κ3) is 3.74. The summed E-state index contributed by atoms with van der Waals surface area (Å²) in [4.78, 5) is 22.5. The van der Waals surface area contributed by atoms with Crippen LogP contribution in [0.2, 0.25) is 0 Å². The molecule has 0 spiro atoms. The summed E-state index contributed by atoms with van der Waals surface area (Å²) in [6.07, 6.45) is 0. The van der Waals surface area contributed by atoms with Crippen molar-refractivity contribution in [3.8, 4) is 0 Å². The zero-order valence-corrected chi connectivity index (χ0v) is 11.0. The zero-order chi connectivity index (χ0) is 14.6. The summed E-state index contributed by atoms with van der Waals surface area (Å²) in [5.41, 5.74) is -0.595. The standard InChI is InChI=1S/C13H16F2N2O2/c1-8(2)16-12(19)13(14,15)10-6-4-5-7-11(10)17-9(3)18/h4-8H,1-3H3,(H,16,19)(H,17,18). The van der Waals surface area contributed by atoms with Gasteiger partial charge in [0.15, 0.2) is 0 Å². The highest BCUT2D eigenvalue weighted by molar-refractivity contribution is 5.92. The average Bonchev–Trinajstić information content (AvgIpc) is 2.27. The Morgan fingerprint density at radius 2 is 1.79 bits per heavy atom. The van der Waals surface area contributed by atoms with E-state index in [2.05, 4.69) is 10.6 Å². The summed E-state index contributed by atoms with van der Waals surface area (Å²) < 4.78 is 28.1. The first kappa shape index (κ1) is 15.1. The molecule has 0 aromatic heterocycles. The van der Waals surface area contributed by atoms with E-state index in [-0.39, 0.29) is 5.69 Å². The number of hydrogen-bond donors (Lipinski definition) is 2. The van der Waals surface area contributed by atoms with Gasteiger partial charge in [0.05, 0.1) is 11.3 Å². The summed E-state index contributed by atoms with van der Waals surface area (Å²) in [6.45, 7) is 4.39. The van der Waals surface area contributed by atoms with Crippen LogP contribution in [0.25, 0.3) is 0 Å². The van der Waals surface area contributed by atoms with Crippen LogP contribution in [0, 0.1) is 0 Å². The lowest BCUT2D eigenvalue weighted by Gasteiger charge is -2.20. The summed E-state index contributed by atoms with van der Waals surface area (Å²) in [7, 11) is 0. The Morgan fingerprint density at radius 1 is 1.21 bits per heavy atom. The van der Waals surface area contributed by atoms with Crippen molar-refractivity contribution in [3.05, 3.63) is 29.8 Å². The maximum absolute atomic E-state index is 14.1. The second kappa shape index (κ2) is 5.77. The number of carbonyl (C=O) groups excluding carboxylic acids is 2. The van der Waals surface area contributed by atoms with Gasteiger partial charge in [-0.3, -0.25) is 9.59 Å². The normalized spacial score (nSPS) is 11.3. The van der Waals surface area contributed by atoms with Crippen molar-refractivity contribution in [1.82, 2.24) is 5.32 Å². The number of amides is 2. The molecule has 0 aliphatic rings. The molecule has 0 aliphatic carbocycles. The van der Waals surface area contributed by atoms with Gasteiger partial charge < -0.3 is 10.6 Å². The lowest BCUT2D eigenvalue weighted by Crippen LogP contribution is -2.42. The van der Waals surface area contributed by atoms with Gasteiger partial charge in [-0.25, -0.2) is 0 Å². The van der Waals surface area contributed by atoms with E-state index in [4.69, 9.17) is 0 Å². The fourth-order valence-corrected chi connectivity index (χ4v) is 1.53. The average molecular weight is 270 g/mol. The molecule has 19 heavy (non-hydrogen) atoms. The van der Waals surface area contributed by atoms with Crippen molar-refractivity contribution in [3.63, 3.8) is 0 Å². The van der Waals surface area contributed by atoms with Crippen LogP contribution in [0.5, 0.6) is 0 Å². The lowest BCUT2D eigenvalue weighted by molar-refractivity contribution is -0.147. The van der Waals surface area contributed by atoms with Crippen molar-refractivity contribution in [2.24, 2.45) is 0 Å². The first-order chi connectivity index (χ1) is 8.75. The van der Waals surface area contributed by atoms with Crippen LogP contribution in [-0.2, 0) is 15.5 Å². The second-order valence-electron chi connectivity index (χ2n) is 4.43. The van der Waals surface area contributed by atoms with Crippen LogP contribution in [0.15, 0.2) is 24.3 Å². The molecule has 1 aromatic carbocycles. The smallest absolute Gasteiger partial charge is 0.348 e. The van der Waals surface area contributed by atoms with Gasteiger partial charge in [0, 0.05) is 13.0 Å². The number of benzene rings is 1. The summed E-state index contributed by atoms with van der Waals surface area (Å²) >= 11 is 0. The summed E-state index contributed by atoms with van der Waals surface area (Å²) in [5.74, 6) is -5.57. The predicted octanol–water partition coefficient (Wildman–Crippen LogP) is 2.26. The fourth-order valence-electron chi connectivity index (χ4n) is 1.53. The van der Waals surface area contributed by atoms with E-state index in [1.807, 2.05) is 0 Å². The molecule has 0 atom stereocenters. The van der Waals surface area contributed by atoms with Crippen LogP contribution in [-0.4, -0.2) is 17.9 Å². The number of anilines is 1. The molecule has 104 valence electrons. The summed E-state index contributed by atoms with van der Waals surface area (Å²) in [6, 6.07) is 4.94.